The van der Waals surface area contributed by atoms with Gasteiger partial charge in [-0.2, -0.15) is 0 Å². The summed E-state index contributed by atoms with van der Waals surface area (Å²) in [4.78, 5) is 0. The minimum atomic E-state index is -0.212. The van der Waals surface area contributed by atoms with Crippen molar-refractivity contribution in [1.29, 1.82) is 0 Å². The summed E-state index contributed by atoms with van der Waals surface area (Å²) in [6.45, 7) is 6.19. The van der Waals surface area contributed by atoms with Gasteiger partial charge in [0.05, 0.1) is 6.10 Å². The molecule has 0 amide bonds. The normalized spacial score (nSPS) is 28.7. The van der Waals surface area contributed by atoms with Gasteiger partial charge in [-0.1, -0.05) is 54.5 Å². The molecule has 2 saturated carbocycles. The largest absolute Gasteiger partial charge is 0.365 e. The van der Waals surface area contributed by atoms with Crippen molar-refractivity contribution in [2.75, 3.05) is 0 Å². The Morgan fingerprint density at radius 3 is 2.31 bits per heavy atom. The molecule has 0 radical (unpaired) electrons. The third-order valence-electron chi connectivity index (χ3n) is 6.26. The van der Waals surface area contributed by atoms with E-state index >= 15 is 0 Å². The first-order chi connectivity index (χ1) is 12.6. The van der Waals surface area contributed by atoms with Crippen molar-refractivity contribution >= 4 is 0 Å². The van der Waals surface area contributed by atoms with Crippen LogP contribution in [-0.4, -0.2) is 6.10 Å². The Bertz CT molecular complexity index is 703. The summed E-state index contributed by atoms with van der Waals surface area (Å²) in [7, 11) is 0. The lowest BCUT2D eigenvalue weighted by Gasteiger charge is -2.37. The van der Waals surface area contributed by atoms with Gasteiger partial charge < -0.3 is 4.74 Å². The number of halogens is 1. The number of fused-ring (bicyclic) bond motifs is 2. The molecule has 2 aromatic carbocycles. The molecule has 0 heterocycles. The lowest BCUT2D eigenvalue weighted by Crippen LogP contribution is -2.34. The molecule has 0 aliphatic heterocycles. The number of ether oxygens (including phenoxy) is 1. The lowest BCUT2D eigenvalue weighted by atomic mass is 9.77. The third kappa shape index (κ3) is 3.48. The molecular formula is C24H27FO. The fraction of sp³-hybridized carbons (Fsp3) is 0.417. The van der Waals surface area contributed by atoms with E-state index in [4.69, 9.17) is 4.74 Å². The predicted octanol–water partition coefficient (Wildman–Crippen LogP) is 6.23. The quantitative estimate of drug-likeness (QED) is 0.581. The Hall–Kier alpha value is -1.93. The van der Waals surface area contributed by atoms with Crippen LogP contribution >= 0.6 is 0 Å². The average Bonchev–Trinajstić information content (AvgIpc) is 3.03. The van der Waals surface area contributed by atoms with Gasteiger partial charge >= 0.3 is 0 Å². The SMILES string of the molecule is C=C[C@@H]1C2CCC(C2)C[C@@H]1OC(c1ccc(C)cc1)c1ccc(F)cc1. The molecule has 2 bridgehead atoms. The van der Waals surface area contributed by atoms with Crippen molar-refractivity contribution in [2.45, 2.75) is 44.8 Å². The zero-order chi connectivity index (χ0) is 18.1. The first kappa shape index (κ1) is 17.5. The van der Waals surface area contributed by atoms with Crippen LogP contribution < -0.4 is 0 Å². The third-order valence-corrected chi connectivity index (χ3v) is 6.26. The number of rotatable bonds is 5. The van der Waals surface area contributed by atoms with Crippen LogP contribution in [0, 0.1) is 30.5 Å². The summed E-state index contributed by atoms with van der Waals surface area (Å²) in [5.74, 6) is 1.70. The summed E-state index contributed by atoms with van der Waals surface area (Å²) in [5.41, 5.74) is 3.37. The van der Waals surface area contributed by atoms with E-state index in [1.54, 1.807) is 0 Å². The maximum absolute atomic E-state index is 13.4. The van der Waals surface area contributed by atoms with E-state index in [0.29, 0.717) is 11.8 Å². The standard InChI is InChI=1S/C24H27FO/c1-3-22-20-9-6-17(14-20)15-23(22)26-24(18-7-4-16(2)5-8-18)19-10-12-21(25)13-11-19/h3-5,7-8,10-13,17,20,22-24H,1,6,9,14-15H2,2H3/t17?,20?,22-,23+,24?/m1/s1. The molecule has 2 aromatic rings. The lowest BCUT2D eigenvalue weighted by molar-refractivity contribution is -0.0507. The molecule has 4 rings (SSSR count). The molecule has 1 nitrogen and oxygen atoms in total. The molecule has 0 N–H and O–H groups in total. The van der Waals surface area contributed by atoms with Crippen molar-refractivity contribution in [3.63, 3.8) is 0 Å². The van der Waals surface area contributed by atoms with Crippen LogP contribution in [0.3, 0.4) is 0 Å². The van der Waals surface area contributed by atoms with Gasteiger partial charge in [0.25, 0.3) is 0 Å². The van der Waals surface area contributed by atoms with Crippen LogP contribution in [-0.2, 0) is 4.74 Å². The zero-order valence-corrected chi connectivity index (χ0v) is 15.4. The van der Waals surface area contributed by atoms with Gasteiger partial charge in [-0.05, 0) is 61.3 Å². The molecule has 136 valence electrons. The first-order valence-corrected chi connectivity index (χ1v) is 9.74. The molecule has 3 unspecified atom stereocenters. The molecule has 2 aliphatic rings. The van der Waals surface area contributed by atoms with Gasteiger partial charge in [0.1, 0.15) is 11.9 Å². The second-order valence-electron chi connectivity index (χ2n) is 8.00. The van der Waals surface area contributed by atoms with Crippen LogP contribution in [0.4, 0.5) is 4.39 Å². The number of benzene rings is 2. The topological polar surface area (TPSA) is 9.23 Å². The number of hydrogen-bond donors (Lipinski definition) is 0. The van der Waals surface area contributed by atoms with E-state index < -0.39 is 0 Å². The van der Waals surface area contributed by atoms with Crippen molar-refractivity contribution in [2.24, 2.45) is 17.8 Å². The Labute approximate surface area is 155 Å². The van der Waals surface area contributed by atoms with Gasteiger partial charge in [-0.25, -0.2) is 4.39 Å². The number of aryl methyl sites for hydroxylation is 1. The summed E-state index contributed by atoms with van der Waals surface area (Å²) in [6.07, 6.45) is 7.18. The van der Waals surface area contributed by atoms with E-state index in [9.17, 15) is 4.39 Å². The molecule has 5 atom stereocenters. The van der Waals surface area contributed by atoms with Crippen molar-refractivity contribution in [1.82, 2.24) is 0 Å². The molecule has 0 saturated heterocycles. The van der Waals surface area contributed by atoms with Gasteiger partial charge in [0.15, 0.2) is 0 Å². The number of hydrogen-bond acceptors (Lipinski definition) is 1. The second kappa shape index (κ2) is 7.36. The zero-order valence-electron chi connectivity index (χ0n) is 15.4. The minimum Gasteiger partial charge on any atom is -0.365 e. The molecule has 2 fully saturated rings. The smallest absolute Gasteiger partial charge is 0.123 e. The van der Waals surface area contributed by atoms with Crippen molar-refractivity contribution in [3.8, 4) is 0 Å². The van der Waals surface area contributed by atoms with Gasteiger partial charge in [-0.3, -0.25) is 0 Å². The van der Waals surface area contributed by atoms with Gasteiger partial charge in [0.2, 0.25) is 0 Å². The Kier molecular flexibility index (Phi) is 4.95. The van der Waals surface area contributed by atoms with Gasteiger partial charge in [0, 0.05) is 5.92 Å². The summed E-state index contributed by atoms with van der Waals surface area (Å²) in [5, 5.41) is 0. The molecular weight excluding hydrogens is 323 g/mol. The maximum atomic E-state index is 13.4. The van der Waals surface area contributed by atoms with Crippen LogP contribution in [0.5, 0.6) is 0 Å². The minimum absolute atomic E-state index is 0.166. The second-order valence-corrected chi connectivity index (χ2v) is 8.00. The van der Waals surface area contributed by atoms with Crippen molar-refractivity contribution in [3.05, 3.63) is 83.7 Å². The van der Waals surface area contributed by atoms with E-state index in [1.165, 1.54) is 37.0 Å². The molecule has 26 heavy (non-hydrogen) atoms. The Morgan fingerprint density at radius 1 is 1.00 bits per heavy atom. The maximum Gasteiger partial charge on any atom is 0.123 e. The molecule has 2 aliphatic carbocycles. The molecule has 0 aromatic heterocycles. The Morgan fingerprint density at radius 2 is 1.65 bits per heavy atom. The van der Waals surface area contributed by atoms with Crippen molar-refractivity contribution < 1.29 is 9.13 Å². The highest BCUT2D eigenvalue weighted by Crippen LogP contribution is 2.48. The van der Waals surface area contributed by atoms with Gasteiger partial charge in [-0.15, -0.1) is 6.58 Å². The highest BCUT2D eigenvalue weighted by atomic mass is 19.1. The fourth-order valence-electron chi connectivity index (χ4n) is 4.86. The molecule has 0 spiro atoms. The van der Waals surface area contributed by atoms with Crippen LogP contribution in [0.2, 0.25) is 0 Å². The van der Waals surface area contributed by atoms with Crippen LogP contribution in [0.15, 0.2) is 61.2 Å². The van der Waals surface area contributed by atoms with E-state index in [-0.39, 0.29) is 18.0 Å². The monoisotopic (exact) mass is 350 g/mol. The summed E-state index contributed by atoms with van der Waals surface area (Å²) in [6, 6.07) is 15.2. The average molecular weight is 350 g/mol. The van der Waals surface area contributed by atoms with E-state index in [1.807, 2.05) is 12.1 Å². The first-order valence-electron chi connectivity index (χ1n) is 9.74. The van der Waals surface area contributed by atoms with Crippen LogP contribution in [0.25, 0.3) is 0 Å². The highest BCUT2D eigenvalue weighted by Gasteiger charge is 2.42. The Balaban J connectivity index is 1.65. The van der Waals surface area contributed by atoms with Crippen LogP contribution in [0.1, 0.15) is 48.5 Å². The predicted molar refractivity (Wildman–Crippen MR) is 103 cm³/mol. The van der Waals surface area contributed by atoms with E-state index in [0.717, 1.165) is 23.5 Å². The summed E-state index contributed by atoms with van der Waals surface area (Å²) < 4.78 is 20.2. The highest BCUT2D eigenvalue weighted by molar-refractivity contribution is 5.32. The fourth-order valence-corrected chi connectivity index (χ4v) is 4.86. The molecule has 2 heteroatoms. The summed E-state index contributed by atoms with van der Waals surface area (Å²) >= 11 is 0. The van der Waals surface area contributed by atoms with E-state index in [2.05, 4.69) is 43.8 Å².